The maximum Gasteiger partial charge on any atom is 0.156 e. The lowest BCUT2D eigenvalue weighted by atomic mass is 10.00. The number of hydrogen-bond donors (Lipinski definition) is 0. The van der Waals surface area contributed by atoms with E-state index in [-0.39, 0.29) is 0 Å². The van der Waals surface area contributed by atoms with E-state index >= 15 is 0 Å². The van der Waals surface area contributed by atoms with Gasteiger partial charge in [-0.25, -0.2) is 15.0 Å². The van der Waals surface area contributed by atoms with Crippen molar-refractivity contribution >= 4 is 229 Å². The van der Waals surface area contributed by atoms with E-state index in [1.54, 1.807) is 0 Å². The molecule has 0 aliphatic carbocycles. The normalized spacial score (nSPS) is 12.0. The van der Waals surface area contributed by atoms with Crippen molar-refractivity contribution in [2.45, 2.75) is 0 Å². The van der Waals surface area contributed by atoms with Crippen molar-refractivity contribution in [1.29, 1.82) is 0 Å². The molecule has 0 radical (unpaired) electrons. The second-order valence-electron chi connectivity index (χ2n) is 39.1. The molecule has 24 aromatic carbocycles. The summed E-state index contributed by atoms with van der Waals surface area (Å²) in [4.78, 5) is 31.5. The molecular weight excluding hydrogens is 1830 g/mol. The highest BCUT2D eigenvalue weighted by atomic mass is 15.1. The molecule has 0 aliphatic heterocycles. The number of benzene rings is 24. The van der Waals surface area contributed by atoms with Crippen molar-refractivity contribution in [2.24, 2.45) is 0 Å². The highest BCUT2D eigenvalue weighted by molar-refractivity contribution is 6.27. The van der Waals surface area contributed by atoms with Gasteiger partial charge in [0, 0.05) is 114 Å². The van der Waals surface area contributed by atoms with E-state index in [9.17, 15) is 0 Å². The molecule has 0 saturated heterocycles. The van der Waals surface area contributed by atoms with Crippen molar-refractivity contribution in [1.82, 2.24) is 57.3 Å². The number of rotatable bonds is 9. The van der Waals surface area contributed by atoms with Crippen molar-refractivity contribution in [3.05, 3.63) is 510 Å². The smallest absolute Gasteiger partial charge is 0.156 e. The average molecular weight is 1910 g/mol. The molecule has 696 valence electrons. The summed E-state index contributed by atoms with van der Waals surface area (Å²) in [5.74, 6) is 2.43. The summed E-state index contributed by atoms with van der Waals surface area (Å²) >= 11 is 0. The van der Waals surface area contributed by atoms with Crippen LogP contribution in [0.2, 0.25) is 0 Å². The number of aromatic nitrogens is 12. The van der Waals surface area contributed by atoms with Gasteiger partial charge in [0.25, 0.3) is 0 Å². The van der Waals surface area contributed by atoms with Gasteiger partial charge in [0.2, 0.25) is 0 Å². The Kier molecular flexibility index (Phi) is 18.9. The first-order valence-corrected chi connectivity index (χ1v) is 51.0. The molecule has 12 nitrogen and oxygen atoms in total. The highest BCUT2D eigenvalue weighted by Gasteiger charge is 2.26. The average Bonchev–Trinajstić information content (AvgIpc) is 1.44. The Bertz CT molecular complexity index is 11400. The molecule has 0 bridgehead atoms. The Morgan fingerprint density at radius 3 is 0.560 bits per heavy atom. The zero-order chi connectivity index (χ0) is 98.3. The summed E-state index contributed by atoms with van der Waals surface area (Å²) in [5, 5.41) is 28.5. The summed E-state index contributed by atoms with van der Waals surface area (Å²) in [7, 11) is 0. The van der Waals surface area contributed by atoms with Crippen LogP contribution < -0.4 is 0 Å². The molecule has 0 aliphatic rings. The van der Waals surface area contributed by atoms with Crippen LogP contribution in [0.25, 0.3) is 296 Å². The number of nitrogens with zero attached hydrogens (tertiary/aromatic N) is 12. The van der Waals surface area contributed by atoms with E-state index in [1.807, 2.05) is 18.6 Å². The maximum atomic E-state index is 5.41. The minimum absolute atomic E-state index is 0.806. The predicted molar refractivity (Wildman–Crippen MR) is 626 cm³/mol. The summed E-state index contributed by atoms with van der Waals surface area (Å²) in [6, 6.07) is 176. The zero-order valence-corrected chi connectivity index (χ0v) is 80.9. The van der Waals surface area contributed by atoms with Gasteiger partial charge in [-0.15, -0.1) is 0 Å². The van der Waals surface area contributed by atoms with Crippen molar-refractivity contribution in [2.75, 3.05) is 0 Å². The van der Waals surface area contributed by atoms with E-state index < -0.39 is 0 Å². The topological polar surface area (TPSA) is 107 Å². The van der Waals surface area contributed by atoms with Gasteiger partial charge in [-0.2, -0.15) is 0 Å². The SMILES string of the molecule is c1ccc(-n2c3ccccc3c3cc(-c4ccc5c(c4)c4ccccc4n5-c4cnc5c6ccccc6c6ccccc6c5n4)ccc32)cc1.c1ccc(-n2c3ccccc3c3cc(-c4ccc5c6ccccc6n(-c6cnc7c8ccccc8c8ccccc8c7n6)c5c4)ccc32)cc1.c1ccc(-n2c3ccccc3c3ccc(-c4ccc5c6ccccc6n(-c6cnc7c8ccccc8c8ccccc8c7n6)c5c4)cc32)cc1. The molecule has 0 atom stereocenters. The lowest BCUT2D eigenvalue weighted by Gasteiger charge is -2.12. The third kappa shape index (κ3) is 13.0. The van der Waals surface area contributed by atoms with Crippen LogP contribution in [-0.2, 0) is 0 Å². The summed E-state index contributed by atoms with van der Waals surface area (Å²) in [6.45, 7) is 0. The predicted octanol–water partition coefficient (Wildman–Crippen LogP) is 35.4. The van der Waals surface area contributed by atoms with Gasteiger partial charge >= 0.3 is 0 Å². The van der Waals surface area contributed by atoms with Crippen LogP contribution in [0, 0.1) is 0 Å². The fourth-order valence-corrected chi connectivity index (χ4v) is 24.4. The molecule has 150 heavy (non-hydrogen) atoms. The third-order valence-corrected chi connectivity index (χ3v) is 31.0. The fraction of sp³-hybridized carbons (Fsp3) is 0. The van der Waals surface area contributed by atoms with E-state index in [4.69, 9.17) is 29.9 Å². The van der Waals surface area contributed by atoms with Crippen molar-refractivity contribution < 1.29 is 0 Å². The quantitative estimate of drug-likeness (QED) is 0.133. The van der Waals surface area contributed by atoms with Gasteiger partial charge in [-0.05, 0) is 193 Å². The number of para-hydroxylation sites is 9. The molecule has 0 N–H and O–H groups in total. The van der Waals surface area contributed by atoms with E-state index in [2.05, 4.69) is 519 Å². The minimum Gasteiger partial charge on any atom is -0.309 e. The molecule has 9 aromatic heterocycles. The molecule has 0 fully saturated rings. The van der Waals surface area contributed by atoms with Crippen LogP contribution in [0.4, 0.5) is 0 Å². The summed E-state index contributed by atoms with van der Waals surface area (Å²) < 4.78 is 13.9. The third-order valence-electron chi connectivity index (χ3n) is 31.0. The van der Waals surface area contributed by atoms with Gasteiger partial charge < -0.3 is 13.7 Å². The van der Waals surface area contributed by atoms with Crippen molar-refractivity contribution in [3.63, 3.8) is 0 Å². The Hall–Kier alpha value is -20.3. The minimum atomic E-state index is 0.806. The van der Waals surface area contributed by atoms with Gasteiger partial charge in [0.1, 0.15) is 0 Å². The van der Waals surface area contributed by atoms with Crippen LogP contribution in [0.3, 0.4) is 0 Å². The van der Waals surface area contributed by atoms with Crippen LogP contribution >= 0.6 is 0 Å². The molecule has 33 rings (SSSR count). The largest absolute Gasteiger partial charge is 0.309 e. The number of hydrogen-bond acceptors (Lipinski definition) is 6. The summed E-state index contributed by atoms with van der Waals surface area (Å²) in [6.07, 6.45) is 5.80. The molecule has 33 aromatic rings. The number of fused-ring (bicyclic) bond motifs is 36. The second kappa shape index (κ2) is 33.6. The zero-order valence-electron chi connectivity index (χ0n) is 80.9. The molecule has 0 unspecified atom stereocenters. The summed E-state index contributed by atoms with van der Waals surface area (Å²) in [5.41, 5.74) is 29.9. The monoisotopic (exact) mass is 1910 g/mol. The first-order chi connectivity index (χ1) is 74.4. The van der Waals surface area contributed by atoms with Crippen LogP contribution in [0.1, 0.15) is 0 Å². The Balaban J connectivity index is 0.000000101. The molecule has 0 amide bonds. The van der Waals surface area contributed by atoms with Crippen molar-refractivity contribution in [3.8, 4) is 67.9 Å². The first-order valence-electron chi connectivity index (χ1n) is 51.0. The Morgan fingerprint density at radius 2 is 0.287 bits per heavy atom. The lowest BCUT2D eigenvalue weighted by Crippen LogP contribution is -2.00. The Labute approximate surface area is 857 Å². The Morgan fingerprint density at radius 1 is 0.113 bits per heavy atom. The highest BCUT2D eigenvalue weighted by Crippen LogP contribution is 2.47. The fourth-order valence-electron chi connectivity index (χ4n) is 24.4. The van der Waals surface area contributed by atoms with Gasteiger partial charge in [-0.1, -0.05) is 364 Å². The van der Waals surface area contributed by atoms with Crippen LogP contribution in [-0.4, -0.2) is 57.3 Å². The van der Waals surface area contributed by atoms with Gasteiger partial charge in [0.15, 0.2) is 17.5 Å². The standard InChI is InChI=1S/3C46H28N4/c1-2-12-31(13-3-1)49-40-20-10-9-17-35(40)39-26-29(23-25-42(39)49)30-22-24-36-34-16-8-11-21-41(34)50(43(36)27-30)44-28-47-45-37-18-6-4-14-32(37)33-15-5-7-19-38(33)46(45)48-44;1-2-12-31(13-3-1)49-40-20-10-8-16-34(40)36-24-22-29(26-42(36)49)30-23-25-37-35-17-9-11-21-41(35)50(43(37)27-30)44-28-47-45-38-18-6-4-14-32(38)33-15-5-7-19-39(33)46(45)48-44;1-2-12-31(13-3-1)49-40-20-10-8-16-34(40)38-26-29(22-24-42(38)49)30-23-25-43-39(27-30)35-17-9-11-21-41(35)50(43)44-28-47-45-36-18-6-4-14-32(36)33-15-5-7-19-37(33)46(45)48-44/h3*1-28H. The van der Waals surface area contributed by atoms with Gasteiger partial charge in [0.05, 0.1) is 118 Å². The van der Waals surface area contributed by atoms with Crippen LogP contribution in [0.5, 0.6) is 0 Å². The lowest BCUT2D eigenvalue weighted by molar-refractivity contribution is 1.08. The van der Waals surface area contributed by atoms with Crippen LogP contribution in [0.15, 0.2) is 510 Å². The molecule has 12 heteroatoms. The molecule has 0 saturated carbocycles. The first kappa shape index (κ1) is 84.2. The molecular formula is C138H84N12. The van der Waals surface area contributed by atoms with Gasteiger partial charge in [-0.3, -0.25) is 28.7 Å². The van der Waals surface area contributed by atoms with E-state index in [0.717, 1.165) is 138 Å². The maximum absolute atomic E-state index is 5.41. The molecule has 9 heterocycles. The molecule has 0 spiro atoms. The second-order valence-corrected chi connectivity index (χ2v) is 39.1. The van der Waals surface area contributed by atoms with E-state index in [0.29, 0.717) is 0 Å². The van der Waals surface area contributed by atoms with E-state index in [1.165, 1.54) is 158 Å².